The zero-order valence-corrected chi connectivity index (χ0v) is 14.8. The molecule has 7 heteroatoms. The minimum Gasteiger partial charge on any atom is -0.320 e. The molecule has 0 saturated heterocycles. The molecule has 0 amide bonds. The molecule has 25 heavy (non-hydrogen) atoms. The van der Waals surface area contributed by atoms with E-state index in [-0.39, 0.29) is 23.1 Å². The Morgan fingerprint density at radius 3 is 2.56 bits per heavy atom. The highest BCUT2D eigenvalue weighted by Gasteiger charge is 2.18. The Morgan fingerprint density at radius 2 is 1.88 bits per heavy atom. The molecular formula is C18H19N3O3S. The molecule has 6 nitrogen and oxygen atoms in total. The van der Waals surface area contributed by atoms with E-state index in [9.17, 15) is 13.2 Å². The third-order valence-corrected chi connectivity index (χ3v) is 4.90. The van der Waals surface area contributed by atoms with Gasteiger partial charge >= 0.3 is 0 Å². The summed E-state index contributed by atoms with van der Waals surface area (Å²) in [5.74, 6) is 0.767. The fourth-order valence-corrected chi connectivity index (χ4v) is 3.34. The van der Waals surface area contributed by atoms with Gasteiger partial charge in [0.05, 0.1) is 22.5 Å². The van der Waals surface area contributed by atoms with E-state index in [1.807, 2.05) is 42.7 Å². The zero-order chi connectivity index (χ0) is 18.2. The molecule has 0 unspecified atom stereocenters. The summed E-state index contributed by atoms with van der Waals surface area (Å²) in [4.78, 5) is 17.3. The van der Waals surface area contributed by atoms with Crippen molar-refractivity contribution >= 4 is 26.8 Å². The Hall–Kier alpha value is -2.51. The van der Waals surface area contributed by atoms with E-state index in [1.165, 1.54) is 18.2 Å². The van der Waals surface area contributed by atoms with E-state index in [0.717, 1.165) is 16.9 Å². The molecule has 130 valence electrons. The first-order chi connectivity index (χ1) is 11.8. The van der Waals surface area contributed by atoms with Crippen LogP contribution in [0.5, 0.6) is 0 Å². The summed E-state index contributed by atoms with van der Waals surface area (Å²) in [6.07, 6.45) is 0. The van der Waals surface area contributed by atoms with Gasteiger partial charge in [-0.1, -0.05) is 38.1 Å². The first-order valence-electron chi connectivity index (χ1n) is 7.88. The predicted molar refractivity (Wildman–Crippen MR) is 96.0 cm³/mol. The number of nitrogens with zero attached hydrogens (tertiary/aromatic N) is 2. The molecule has 2 aromatic carbocycles. The van der Waals surface area contributed by atoms with Crippen molar-refractivity contribution in [3.05, 3.63) is 59.9 Å². The molecule has 0 atom stereocenters. The highest BCUT2D eigenvalue weighted by molar-refractivity contribution is 7.89. The fourth-order valence-electron chi connectivity index (χ4n) is 2.78. The number of ketones is 1. The number of hydrogen-bond acceptors (Lipinski definition) is 4. The van der Waals surface area contributed by atoms with Gasteiger partial charge in [-0.05, 0) is 24.3 Å². The maximum atomic E-state index is 12.7. The van der Waals surface area contributed by atoms with Gasteiger partial charge in [-0.3, -0.25) is 4.79 Å². The molecule has 0 fully saturated rings. The Labute approximate surface area is 146 Å². The predicted octanol–water partition coefficient (Wildman–Crippen LogP) is 2.69. The first kappa shape index (κ1) is 17.3. The number of para-hydroxylation sites is 2. The molecule has 1 heterocycles. The van der Waals surface area contributed by atoms with Crippen molar-refractivity contribution in [3.8, 4) is 0 Å². The minimum absolute atomic E-state index is 0.0714. The molecule has 2 N–H and O–H groups in total. The van der Waals surface area contributed by atoms with E-state index in [4.69, 9.17) is 5.14 Å². The van der Waals surface area contributed by atoms with Crippen molar-refractivity contribution < 1.29 is 13.2 Å². The average Bonchev–Trinajstić information content (AvgIpc) is 2.93. The van der Waals surface area contributed by atoms with Gasteiger partial charge in [0, 0.05) is 11.5 Å². The summed E-state index contributed by atoms with van der Waals surface area (Å²) in [6, 6.07) is 13.4. The Kier molecular flexibility index (Phi) is 4.45. The van der Waals surface area contributed by atoms with Crippen LogP contribution in [0.4, 0.5) is 0 Å². The van der Waals surface area contributed by atoms with Crippen LogP contribution in [-0.4, -0.2) is 23.8 Å². The number of benzene rings is 2. The number of carbonyl (C=O) groups is 1. The number of primary sulfonamides is 1. The molecule has 3 rings (SSSR count). The molecule has 0 spiro atoms. The number of rotatable bonds is 5. The van der Waals surface area contributed by atoms with Crippen molar-refractivity contribution in [1.82, 2.24) is 9.55 Å². The maximum absolute atomic E-state index is 12.7. The van der Waals surface area contributed by atoms with Gasteiger partial charge in [0.25, 0.3) is 0 Å². The first-order valence-corrected chi connectivity index (χ1v) is 9.43. The Balaban J connectivity index is 2.02. The molecule has 0 aliphatic heterocycles. The van der Waals surface area contributed by atoms with Gasteiger partial charge in [-0.2, -0.15) is 0 Å². The molecule has 0 aliphatic rings. The highest BCUT2D eigenvalue weighted by Crippen LogP contribution is 2.22. The van der Waals surface area contributed by atoms with Gasteiger partial charge in [-0.25, -0.2) is 18.5 Å². The third kappa shape index (κ3) is 3.47. The molecular weight excluding hydrogens is 338 g/mol. The van der Waals surface area contributed by atoms with E-state index in [1.54, 1.807) is 6.07 Å². The van der Waals surface area contributed by atoms with E-state index in [2.05, 4.69) is 4.98 Å². The number of sulfonamides is 1. The van der Waals surface area contributed by atoms with Crippen LogP contribution >= 0.6 is 0 Å². The van der Waals surface area contributed by atoms with Crippen LogP contribution < -0.4 is 5.14 Å². The summed E-state index contributed by atoms with van der Waals surface area (Å²) in [6.45, 7) is 4.12. The molecule has 0 aliphatic carbocycles. The molecule has 3 aromatic rings. The largest absolute Gasteiger partial charge is 0.320 e. The Bertz CT molecular complexity index is 1050. The number of Topliss-reactive ketones (excluding diaryl/α,β-unsaturated/α-hetero) is 1. The monoisotopic (exact) mass is 357 g/mol. The fraction of sp³-hybridized carbons (Fsp3) is 0.222. The summed E-state index contributed by atoms with van der Waals surface area (Å²) in [5.41, 5.74) is 2.01. The van der Waals surface area contributed by atoms with Crippen LogP contribution in [0.1, 0.15) is 35.9 Å². The number of imidazole rings is 1. The Morgan fingerprint density at radius 1 is 1.16 bits per heavy atom. The van der Waals surface area contributed by atoms with Gasteiger partial charge in [0.1, 0.15) is 5.82 Å². The second kappa shape index (κ2) is 6.42. The number of fused-ring (bicyclic) bond motifs is 1. The van der Waals surface area contributed by atoms with Gasteiger partial charge in [-0.15, -0.1) is 0 Å². The van der Waals surface area contributed by atoms with Crippen molar-refractivity contribution in [2.45, 2.75) is 31.2 Å². The quantitative estimate of drug-likeness (QED) is 0.710. The second-order valence-electron chi connectivity index (χ2n) is 6.20. The summed E-state index contributed by atoms with van der Waals surface area (Å²) in [5, 5.41) is 5.15. The van der Waals surface area contributed by atoms with Crippen molar-refractivity contribution in [2.75, 3.05) is 0 Å². The molecule has 0 saturated carbocycles. The lowest BCUT2D eigenvalue weighted by atomic mass is 10.1. The number of nitrogens with two attached hydrogens (primary N) is 1. The second-order valence-corrected chi connectivity index (χ2v) is 7.76. The van der Waals surface area contributed by atoms with E-state index in [0.29, 0.717) is 5.56 Å². The van der Waals surface area contributed by atoms with Gasteiger partial charge in [0.15, 0.2) is 5.78 Å². The van der Waals surface area contributed by atoms with Gasteiger partial charge in [0.2, 0.25) is 10.0 Å². The average molecular weight is 357 g/mol. The van der Waals surface area contributed by atoms with Crippen LogP contribution in [0.15, 0.2) is 53.4 Å². The van der Waals surface area contributed by atoms with Crippen molar-refractivity contribution in [2.24, 2.45) is 5.14 Å². The standard InChI is InChI=1S/C18H19N3O3S/c1-12(2)18-20-15-8-3-4-9-16(15)21(18)11-17(22)13-6-5-7-14(10-13)25(19,23)24/h3-10,12H,11H2,1-2H3,(H2,19,23,24). The van der Waals surface area contributed by atoms with E-state index >= 15 is 0 Å². The molecule has 0 bridgehead atoms. The van der Waals surface area contributed by atoms with Crippen LogP contribution in [0.25, 0.3) is 11.0 Å². The zero-order valence-electron chi connectivity index (χ0n) is 14.0. The number of hydrogen-bond donors (Lipinski definition) is 1. The lowest BCUT2D eigenvalue weighted by molar-refractivity contribution is 0.0972. The van der Waals surface area contributed by atoms with Gasteiger partial charge < -0.3 is 4.57 Å². The number of carbonyl (C=O) groups excluding carboxylic acids is 1. The lowest BCUT2D eigenvalue weighted by Gasteiger charge is -2.11. The van der Waals surface area contributed by atoms with Crippen LogP contribution in [0, 0.1) is 0 Å². The highest BCUT2D eigenvalue weighted by atomic mass is 32.2. The van der Waals surface area contributed by atoms with Crippen LogP contribution in [-0.2, 0) is 16.6 Å². The SMILES string of the molecule is CC(C)c1nc2ccccc2n1CC(=O)c1cccc(S(N)(=O)=O)c1. The maximum Gasteiger partial charge on any atom is 0.238 e. The summed E-state index contributed by atoms with van der Waals surface area (Å²) in [7, 11) is -3.85. The lowest BCUT2D eigenvalue weighted by Crippen LogP contribution is -2.16. The van der Waals surface area contributed by atoms with Crippen molar-refractivity contribution in [1.29, 1.82) is 0 Å². The topological polar surface area (TPSA) is 95.0 Å². The minimum atomic E-state index is -3.85. The van der Waals surface area contributed by atoms with E-state index < -0.39 is 10.0 Å². The van der Waals surface area contributed by atoms with Crippen LogP contribution in [0.2, 0.25) is 0 Å². The summed E-state index contributed by atoms with van der Waals surface area (Å²) < 4.78 is 24.9. The number of aromatic nitrogens is 2. The molecule has 0 radical (unpaired) electrons. The molecule has 1 aromatic heterocycles. The summed E-state index contributed by atoms with van der Waals surface area (Å²) >= 11 is 0. The smallest absolute Gasteiger partial charge is 0.238 e. The normalized spacial score (nSPS) is 12.0. The van der Waals surface area contributed by atoms with Crippen LogP contribution in [0.3, 0.4) is 0 Å². The third-order valence-electron chi connectivity index (χ3n) is 3.99. The van der Waals surface area contributed by atoms with Crippen molar-refractivity contribution in [3.63, 3.8) is 0 Å².